The summed E-state index contributed by atoms with van der Waals surface area (Å²) in [4.78, 5) is 21.5. The van der Waals surface area contributed by atoms with Gasteiger partial charge in [0.1, 0.15) is 0 Å². The molecule has 3 nitrogen and oxygen atoms in total. The molecular formula is C7H12ClNO2. The minimum Gasteiger partial charge on any atom is -0.345 e. The van der Waals surface area contributed by atoms with Gasteiger partial charge >= 0.3 is 0 Å². The molecule has 0 aliphatic heterocycles. The number of ketones is 1. The van der Waals surface area contributed by atoms with Crippen molar-refractivity contribution in [1.29, 1.82) is 0 Å². The highest BCUT2D eigenvalue weighted by atomic mass is 35.5. The van der Waals surface area contributed by atoms with Crippen LogP contribution in [0.25, 0.3) is 0 Å². The van der Waals surface area contributed by atoms with Crippen LogP contribution in [0.4, 0.5) is 0 Å². The van der Waals surface area contributed by atoms with Crippen molar-refractivity contribution in [3.05, 3.63) is 0 Å². The van der Waals surface area contributed by atoms with Gasteiger partial charge in [-0.3, -0.25) is 9.59 Å². The van der Waals surface area contributed by atoms with E-state index in [1.54, 1.807) is 20.8 Å². The van der Waals surface area contributed by atoms with E-state index in [1.807, 2.05) is 0 Å². The quantitative estimate of drug-likeness (QED) is 0.499. The number of amides is 1. The van der Waals surface area contributed by atoms with Gasteiger partial charge in [0.15, 0.2) is 0 Å². The molecule has 64 valence electrons. The third kappa shape index (κ3) is 4.79. The smallest absolute Gasteiger partial charge is 0.289 e. The molecule has 0 fully saturated rings. The molecule has 0 rings (SSSR count). The molecule has 0 saturated carbocycles. The second kappa shape index (κ2) is 3.72. The van der Waals surface area contributed by atoms with Gasteiger partial charge in [0.2, 0.25) is 5.78 Å². The highest BCUT2D eigenvalue weighted by Crippen LogP contribution is 1.98. The summed E-state index contributed by atoms with van der Waals surface area (Å²) in [7, 11) is 0. The van der Waals surface area contributed by atoms with Gasteiger partial charge < -0.3 is 5.32 Å². The van der Waals surface area contributed by atoms with Crippen LogP contribution in [-0.2, 0) is 9.59 Å². The summed E-state index contributed by atoms with van der Waals surface area (Å²) >= 11 is 5.17. The van der Waals surface area contributed by atoms with Crippen LogP contribution in [-0.4, -0.2) is 23.1 Å². The molecule has 0 aromatic heterocycles. The van der Waals surface area contributed by atoms with E-state index in [-0.39, 0.29) is 11.4 Å². The average molecular weight is 178 g/mol. The first-order valence-electron chi connectivity index (χ1n) is 3.28. The molecule has 0 aromatic carbocycles. The summed E-state index contributed by atoms with van der Waals surface area (Å²) in [5.74, 6) is -1.48. The number of rotatable bonds is 2. The van der Waals surface area contributed by atoms with E-state index in [9.17, 15) is 9.59 Å². The third-order valence-corrected chi connectivity index (χ3v) is 1.11. The molecule has 1 amide bonds. The number of alkyl halides is 1. The Kier molecular flexibility index (Phi) is 3.52. The molecule has 0 spiro atoms. The largest absolute Gasteiger partial charge is 0.345 e. The van der Waals surface area contributed by atoms with Gasteiger partial charge in [-0.05, 0) is 20.8 Å². The van der Waals surface area contributed by atoms with Crippen LogP contribution in [0.5, 0.6) is 0 Å². The van der Waals surface area contributed by atoms with Crippen LogP contribution in [0, 0.1) is 0 Å². The molecule has 0 aliphatic rings. The molecule has 0 aromatic rings. The van der Waals surface area contributed by atoms with E-state index >= 15 is 0 Å². The molecular weight excluding hydrogens is 166 g/mol. The van der Waals surface area contributed by atoms with Crippen LogP contribution in [0.3, 0.4) is 0 Å². The van der Waals surface area contributed by atoms with E-state index in [0.29, 0.717) is 0 Å². The molecule has 0 heterocycles. The minimum absolute atomic E-state index is 0.262. The van der Waals surface area contributed by atoms with Crippen molar-refractivity contribution in [3.8, 4) is 0 Å². The zero-order valence-corrected chi connectivity index (χ0v) is 7.66. The number of hydrogen-bond acceptors (Lipinski definition) is 2. The van der Waals surface area contributed by atoms with Gasteiger partial charge in [-0.15, -0.1) is 11.6 Å². The fraction of sp³-hybridized carbons (Fsp3) is 0.714. The predicted molar refractivity (Wildman–Crippen MR) is 43.6 cm³/mol. The lowest BCUT2D eigenvalue weighted by atomic mass is 10.1. The lowest BCUT2D eigenvalue weighted by Gasteiger charge is -2.19. The monoisotopic (exact) mass is 177 g/mol. The lowest BCUT2D eigenvalue weighted by molar-refractivity contribution is -0.137. The van der Waals surface area contributed by atoms with Gasteiger partial charge in [0.25, 0.3) is 5.91 Å². The zero-order chi connectivity index (χ0) is 9.07. The molecule has 0 unspecified atom stereocenters. The Morgan fingerprint density at radius 3 is 2.09 bits per heavy atom. The summed E-state index contributed by atoms with van der Waals surface area (Å²) in [6.07, 6.45) is 0. The summed E-state index contributed by atoms with van der Waals surface area (Å²) in [6, 6.07) is 0. The fourth-order valence-electron chi connectivity index (χ4n) is 0.471. The summed E-state index contributed by atoms with van der Waals surface area (Å²) in [5.41, 5.74) is -0.376. The third-order valence-electron chi connectivity index (χ3n) is 0.863. The average Bonchev–Trinajstić information content (AvgIpc) is 1.82. The standard InChI is InChI=1S/C7H12ClNO2/c1-7(2,3)9-6(11)5(10)4-8/h4H2,1-3H3,(H,9,11). The van der Waals surface area contributed by atoms with Crippen molar-refractivity contribution in [2.75, 3.05) is 5.88 Å². The van der Waals surface area contributed by atoms with Crippen LogP contribution in [0.2, 0.25) is 0 Å². The molecule has 0 bridgehead atoms. The zero-order valence-electron chi connectivity index (χ0n) is 6.90. The fourth-order valence-corrected chi connectivity index (χ4v) is 0.592. The molecule has 0 aliphatic carbocycles. The first kappa shape index (κ1) is 10.4. The van der Waals surface area contributed by atoms with Gasteiger partial charge in [0.05, 0.1) is 5.88 Å². The Morgan fingerprint density at radius 2 is 1.82 bits per heavy atom. The minimum atomic E-state index is -0.618. The normalized spacial score (nSPS) is 10.9. The van der Waals surface area contributed by atoms with E-state index in [0.717, 1.165) is 0 Å². The van der Waals surface area contributed by atoms with Crippen LogP contribution in [0.1, 0.15) is 20.8 Å². The highest BCUT2D eigenvalue weighted by Gasteiger charge is 2.18. The van der Waals surface area contributed by atoms with Gasteiger partial charge in [-0.2, -0.15) is 0 Å². The molecule has 0 atom stereocenters. The van der Waals surface area contributed by atoms with Crippen molar-refractivity contribution in [2.45, 2.75) is 26.3 Å². The van der Waals surface area contributed by atoms with Gasteiger partial charge in [-0.1, -0.05) is 0 Å². The van der Waals surface area contributed by atoms with Crippen molar-refractivity contribution in [3.63, 3.8) is 0 Å². The Labute approximate surface area is 71.1 Å². The maximum absolute atomic E-state index is 10.8. The summed E-state index contributed by atoms with van der Waals surface area (Å²) in [5, 5.41) is 2.50. The second-order valence-corrected chi connectivity index (χ2v) is 3.53. The Morgan fingerprint density at radius 1 is 1.36 bits per heavy atom. The summed E-state index contributed by atoms with van der Waals surface area (Å²) in [6.45, 7) is 5.39. The Hall–Kier alpha value is -0.570. The number of Topliss-reactive ketones (excluding diaryl/α,β-unsaturated/α-hetero) is 1. The van der Waals surface area contributed by atoms with Crippen LogP contribution >= 0.6 is 11.6 Å². The van der Waals surface area contributed by atoms with Crippen LogP contribution in [0.15, 0.2) is 0 Å². The maximum Gasteiger partial charge on any atom is 0.289 e. The number of hydrogen-bond donors (Lipinski definition) is 1. The van der Waals surface area contributed by atoms with Crippen molar-refractivity contribution in [1.82, 2.24) is 5.32 Å². The van der Waals surface area contributed by atoms with Crippen molar-refractivity contribution in [2.24, 2.45) is 0 Å². The predicted octanol–water partition coefficient (Wildman–Crippen LogP) is 0.709. The molecule has 1 N–H and O–H groups in total. The van der Waals surface area contributed by atoms with E-state index in [2.05, 4.69) is 5.32 Å². The SMILES string of the molecule is CC(C)(C)NC(=O)C(=O)CCl. The van der Waals surface area contributed by atoms with Crippen LogP contribution < -0.4 is 5.32 Å². The number of carbonyl (C=O) groups excluding carboxylic acids is 2. The maximum atomic E-state index is 10.8. The molecule has 11 heavy (non-hydrogen) atoms. The second-order valence-electron chi connectivity index (χ2n) is 3.26. The van der Waals surface area contributed by atoms with Crippen molar-refractivity contribution < 1.29 is 9.59 Å². The lowest BCUT2D eigenvalue weighted by Crippen LogP contribution is -2.44. The molecule has 4 heteroatoms. The molecule has 0 radical (unpaired) electrons. The first-order valence-corrected chi connectivity index (χ1v) is 3.81. The number of nitrogens with one attached hydrogen (secondary N) is 1. The Bertz CT molecular complexity index is 172. The van der Waals surface area contributed by atoms with Crippen molar-refractivity contribution >= 4 is 23.3 Å². The Balaban J connectivity index is 3.99. The van der Waals surface area contributed by atoms with E-state index in [4.69, 9.17) is 11.6 Å². The molecule has 0 saturated heterocycles. The summed E-state index contributed by atoms with van der Waals surface area (Å²) < 4.78 is 0. The van der Waals surface area contributed by atoms with Gasteiger partial charge in [0, 0.05) is 5.54 Å². The number of halogens is 1. The van der Waals surface area contributed by atoms with Gasteiger partial charge in [-0.25, -0.2) is 0 Å². The van der Waals surface area contributed by atoms with E-state index in [1.165, 1.54) is 0 Å². The highest BCUT2D eigenvalue weighted by molar-refractivity contribution is 6.46. The first-order chi connectivity index (χ1) is 4.87. The number of carbonyl (C=O) groups is 2. The topological polar surface area (TPSA) is 46.2 Å². The van der Waals surface area contributed by atoms with E-state index < -0.39 is 11.7 Å².